The highest BCUT2D eigenvalue weighted by Gasteiger charge is 2.41. The lowest BCUT2D eigenvalue weighted by Gasteiger charge is -2.34. The molecule has 1 atom stereocenters. The first-order valence-corrected chi connectivity index (χ1v) is 9.51. The first-order chi connectivity index (χ1) is 10.9. The highest BCUT2D eigenvalue weighted by atomic mass is 32.2. The third-order valence-electron chi connectivity index (χ3n) is 4.74. The summed E-state index contributed by atoms with van der Waals surface area (Å²) in [4.78, 5) is 35.8. The molecule has 0 bridgehead atoms. The largest absolute Gasteiger partial charge is 0.480 e. The van der Waals surface area contributed by atoms with E-state index in [1.807, 2.05) is 0 Å². The molecule has 0 aromatic carbocycles. The number of carbonyl (C=O) groups excluding carboxylic acids is 2. The molecule has 1 saturated carbocycles. The quantitative estimate of drug-likeness (QED) is 0.680. The van der Waals surface area contributed by atoms with Crippen LogP contribution in [-0.4, -0.2) is 46.0 Å². The lowest BCUT2D eigenvalue weighted by atomic mass is 9.92. The second kappa shape index (κ2) is 8.04. The fourth-order valence-electron chi connectivity index (χ4n) is 3.31. The molecule has 1 unspecified atom stereocenters. The number of carbonyl (C=O) groups is 3. The Labute approximate surface area is 141 Å². The van der Waals surface area contributed by atoms with Crippen molar-refractivity contribution in [3.05, 3.63) is 0 Å². The van der Waals surface area contributed by atoms with Crippen LogP contribution in [-0.2, 0) is 14.4 Å². The predicted molar refractivity (Wildman–Crippen MR) is 89.2 cm³/mol. The minimum atomic E-state index is -1.14. The third-order valence-corrected chi connectivity index (χ3v) is 5.73. The summed E-state index contributed by atoms with van der Waals surface area (Å²) in [5, 5.41) is 15.0. The Bertz CT molecular complexity index is 457. The summed E-state index contributed by atoms with van der Waals surface area (Å²) >= 11 is 1.71. The Morgan fingerprint density at radius 2 is 1.83 bits per heavy atom. The van der Waals surface area contributed by atoms with Crippen LogP contribution in [0.1, 0.15) is 51.9 Å². The summed E-state index contributed by atoms with van der Waals surface area (Å²) < 4.78 is 0. The van der Waals surface area contributed by atoms with Gasteiger partial charge in [-0.15, -0.1) is 0 Å². The normalized spacial score (nSPS) is 22.3. The van der Waals surface area contributed by atoms with Crippen LogP contribution >= 0.6 is 11.8 Å². The fourth-order valence-corrected chi connectivity index (χ4v) is 4.50. The van der Waals surface area contributed by atoms with Gasteiger partial charge in [0.25, 0.3) is 0 Å². The molecule has 3 N–H and O–H groups in total. The van der Waals surface area contributed by atoms with E-state index < -0.39 is 11.5 Å². The summed E-state index contributed by atoms with van der Waals surface area (Å²) in [6, 6.07) is -0.285. The lowest BCUT2D eigenvalue weighted by Crippen LogP contribution is -2.57. The molecule has 2 amide bonds. The lowest BCUT2D eigenvalue weighted by molar-refractivity contribution is -0.148. The number of carboxylic acids is 1. The maximum Gasteiger partial charge on any atom is 0.329 e. The molecule has 2 rings (SSSR count). The predicted octanol–water partition coefficient (Wildman–Crippen LogP) is 1.54. The first-order valence-electron chi connectivity index (χ1n) is 8.35. The summed E-state index contributed by atoms with van der Waals surface area (Å²) in [7, 11) is 0. The molecular weight excluding hydrogens is 316 g/mol. The standard InChI is InChI=1S/C16H26N2O4S/c1-11(17-14(20)12-4-2-3-5-12)10-13(19)18-16(15(21)22)6-8-23-9-7-16/h11-12H,2-10H2,1H3,(H,17,20)(H,18,19)(H,21,22). The smallest absolute Gasteiger partial charge is 0.329 e. The van der Waals surface area contributed by atoms with Crippen molar-refractivity contribution in [3.8, 4) is 0 Å². The van der Waals surface area contributed by atoms with Crippen LogP contribution < -0.4 is 10.6 Å². The molecule has 1 saturated heterocycles. The number of thioether (sulfide) groups is 1. The molecule has 2 aliphatic rings. The highest BCUT2D eigenvalue weighted by Crippen LogP contribution is 2.28. The highest BCUT2D eigenvalue weighted by molar-refractivity contribution is 7.99. The van der Waals surface area contributed by atoms with E-state index >= 15 is 0 Å². The van der Waals surface area contributed by atoms with E-state index in [1.165, 1.54) is 0 Å². The topological polar surface area (TPSA) is 95.5 Å². The van der Waals surface area contributed by atoms with Gasteiger partial charge in [0, 0.05) is 18.4 Å². The second-order valence-electron chi connectivity index (χ2n) is 6.64. The van der Waals surface area contributed by atoms with Crippen molar-refractivity contribution in [1.29, 1.82) is 0 Å². The molecule has 1 aliphatic heterocycles. The molecule has 1 aliphatic carbocycles. The Morgan fingerprint density at radius 1 is 1.22 bits per heavy atom. The molecule has 7 heteroatoms. The molecule has 1 heterocycles. The van der Waals surface area contributed by atoms with E-state index in [4.69, 9.17) is 0 Å². The molecular formula is C16H26N2O4S. The molecule has 0 aromatic heterocycles. The van der Waals surface area contributed by atoms with Gasteiger partial charge in [0.2, 0.25) is 11.8 Å². The van der Waals surface area contributed by atoms with Crippen molar-refractivity contribution in [2.75, 3.05) is 11.5 Å². The summed E-state index contributed by atoms with van der Waals surface area (Å²) in [6.45, 7) is 1.79. The molecule has 6 nitrogen and oxygen atoms in total. The Morgan fingerprint density at radius 3 is 2.39 bits per heavy atom. The van der Waals surface area contributed by atoms with Gasteiger partial charge in [-0.05, 0) is 44.1 Å². The van der Waals surface area contributed by atoms with Crippen LogP contribution in [0, 0.1) is 5.92 Å². The fraction of sp³-hybridized carbons (Fsp3) is 0.812. The third kappa shape index (κ3) is 4.86. The average Bonchev–Trinajstić information content (AvgIpc) is 3.01. The zero-order valence-corrected chi connectivity index (χ0v) is 14.4. The van der Waals surface area contributed by atoms with E-state index in [1.54, 1.807) is 18.7 Å². The van der Waals surface area contributed by atoms with E-state index in [-0.39, 0.29) is 30.2 Å². The number of carboxylic acid groups (broad SMARTS) is 1. The van der Waals surface area contributed by atoms with Gasteiger partial charge in [-0.2, -0.15) is 11.8 Å². The number of rotatable bonds is 6. The molecule has 0 aromatic rings. The molecule has 2 fully saturated rings. The number of nitrogens with one attached hydrogen (secondary N) is 2. The van der Waals surface area contributed by atoms with Gasteiger partial charge in [0.05, 0.1) is 0 Å². The molecule has 0 spiro atoms. The Hall–Kier alpha value is -1.24. The number of hydrogen-bond acceptors (Lipinski definition) is 4. The number of amides is 2. The summed E-state index contributed by atoms with van der Waals surface area (Å²) in [5.41, 5.74) is -1.14. The molecule has 0 radical (unpaired) electrons. The van der Waals surface area contributed by atoms with Gasteiger partial charge in [-0.25, -0.2) is 4.79 Å². The van der Waals surface area contributed by atoms with Crippen molar-refractivity contribution < 1.29 is 19.5 Å². The van der Waals surface area contributed by atoms with Gasteiger partial charge in [-0.3, -0.25) is 9.59 Å². The maximum absolute atomic E-state index is 12.2. The Balaban J connectivity index is 1.82. The van der Waals surface area contributed by atoms with E-state index in [9.17, 15) is 19.5 Å². The Kier molecular flexibility index (Phi) is 6.33. The van der Waals surface area contributed by atoms with Gasteiger partial charge in [0.1, 0.15) is 5.54 Å². The van der Waals surface area contributed by atoms with Crippen LogP contribution in [0.3, 0.4) is 0 Å². The van der Waals surface area contributed by atoms with Gasteiger partial charge >= 0.3 is 5.97 Å². The summed E-state index contributed by atoms with van der Waals surface area (Å²) in [5.74, 6) is 0.291. The van der Waals surface area contributed by atoms with E-state index in [0.29, 0.717) is 12.8 Å². The van der Waals surface area contributed by atoms with Gasteiger partial charge in [0.15, 0.2) is 0 Å². The summed E-state index contributed by atoms with van der Waals surface area (Å²) in [6.07, 6.45) is 5.02. The SMILES string of the molecule is CC(CC(=O)NC1(C(=O)O)CCSCC1)NC(=O)C1CCCC1. The van der Waals surface area contributed by atoms with Crippen LogP contribution in [0.25, 0.3) is 0 Å². The van der Waals surface area contributed by atoms with Crippen LogP contribution in [0.2, 0.25) is 0 Å². The second-order valence-corrected chi connectivity index (χ2v) is 7.87. The van der Waals surface area contributed by atoms with Gasteiger partial charge < -0.3 is 15.7 Å². The van der Waals surface area contributed by atoms with E-state index in [0.717, 1.165) is 37.2 Å². The minimum Gasteiger partial charge on any atom is -0.480 e. The number of aliphatic carboxylic acids is 1. The van der Waals surface area contributed by atoms with Crippen molar-refractivity contribution >= 4 is 29.5 Å². The van der Waals surface area contributed by atoms with Crippen LogP contribution in [0.5, 0.6) is 0 Å². The first kappa shape index (κ1) is 18.1. The van der Waals surface area contributed by atoms with E-state index in [2.05, 4.69) is 10.6 Å². The maximum atomic E-state index is 12.2. The minimum absolute atomic E-state index is 0.0183. The average molecular weight is 342 g/mol. The zero-order valence-electron chi connectivity index (χ0n) is 13.6. The monoisotopic (exact) mass is 342 g/mol. The molecule has 130 valence electrons. The van der Waals surface area contributed by atoms with Gasteiger partial charge in [-0.1, -0.05) is 12.8 Å². The van der Waals surface area contributed by atoms with Crippen LogP contribution in [0.4, 0.5) is 0 Å². The molecule has 23 heavy (non-hydrogen) atoms. The van der Waals surface area contributed by atoms with Crippen molar-refractivity contribution in [3.63, 3.8) is 0 Å². The van der Waals surface area contributed by atoms with Crippen molar-refractivity contribution in [1.82, 2.24) is 10.6 Å². The van der Waals surface area contributed by atoms with Crippen LogP contribution in [0.15, 0.2) is 0 Å². The van der Waals surface area contributed by atoms with Crippen molar-refractivity contribution in [2.24, 2.45) is 5.92 Å². The zero-order chi connectivity index (χ0) is 16.9. The number of hydrogen-bond donors (Lipinski definition) is 3. The van der Waals surface area contributed by atoms with Crippen molar-refractivity contribution in [2.45, 2.75) is 63.5 Å².